The molecule has 5 nitrogen and oxygen atoms in total. The van der Waals surface area contributed by atoms with Gasteiger partial charge in [-0.3, -0.25) is 4.79 Å². The predicted molar refractivity (Wildman–Crippen MR) is 81.8 cm³/mol. The number of carbonyl (C=O) groups excluding carboxylic acids is 1. The number of fused-ring (bicyclic) bond motifs is 1. The summed E-state index contributed by atoms with van der Waals surface area (Å²) in [4.78, 5) is 13.9. The number of nitrogens with one attached hydrogen (secondary N) is 1. The third-order valence-corrected chi connectivity index (χ3v) is 5.96. The van der Waals surface area contributed by atoms with Crippen LogP contribution < -0.4 is 5.32 Å². The van der Waals surface area contributed by atoms with Crippen molar-refractivity contribution in [3.05, 3.63) is 0 Å². The van der Waals surface area contributed by atoms with Crippen LogP contribution in [0.1, 0.15) is 20.3 Å². The third-order valence-electron chi connectivity index (χ3n) is 3.96. The van der Waals surface area contributed by atoms with Crippen LogP contribution in [-0.4, -0.2) is 56.9 Å². The Morgan fingerprint density at radius 3 is 2.30 bits per heavy atom. The van der Waals surface area contributed by atoms with E-state index in [0.717, 1.165) is 26.2 Å². The van der Waals surface area contributed by atoms with Gasteiger partial charge in [0.25, 0.3) is 0 Å². The minimum absolute atomic E-state index is 0. The number of amides is 1. The largest absolute Gasteiger partial charge is 0.342 e. The quantitative estimate of drug-likeness (QED) is 0.802. The fraction of sp³-hybridized carbons (Fsp3) is 0.923. The van der Waals surface area contributed by atoms with E-state index in [4.69, 9.17) is 0 Å². The zero-order chi connectivity index (χ0) is 14.0. The van der Waals surface area contributed by atoms with Crippen molar-refractivity contribution in [2.24, 2.45) is 17.8 Å². The second-order valence-corrected chi connectivity index (χ2v) is 8.46. The highest BCUT2D eigenvalue weighted by atomic mass is 35.5. The van der Waals surface area contributed by atoms with Gasteiger partial charge in [-0.1, -0.05) is 13.8 Å². The second kappa shape index (κ2) is 7.09. The van der Waals surface area contributed by atoms with Crippen molar-refractivity contribution in [1.82, 2.24) is 10.2 Å². The SMILES string of the molecule is CC(C)CS(=O)(=O)CCC(=O)N1C[C@H]2CNC[C@H]2C1.Cl. The topological polar surface area (TPSA) is 66.5 Å². The highest BCUT2D eigenvalue weighted by Gasteiger charge is 2.37. The molecule has 0 aromatic rings. The average molecular weight is 325 g/mol. The molecule has 0 aliphatic carbocycles. The van der Waals surface area contributed by atoms with Crippen molar-refractivity contribution < 1.29 is 13.2 Å². The van der Waals surface area contributed by atoms with Gasteiger partial charge in [-0.05, 0) is 17.8 Å². The van der Waals surface area contributed by atoms with Crippen molar-refractivity contribution in [2.45, 2.75) is 20.3 Å². The van der Waals surface area contributed by atoms with Crippen molar-refractivity contribution in [3.63, 3.8) is 0 Å². The first-order valence-electron chi connectivity index (χ1n) is 7.06. The number of nitrogens with zero attached hydrogens (tertiary/aromatic N) is 1. The Balaban J connectivity index is 0.00000200. The molecule has 2 atom stereocenters. The summed E-state index contributed by atoms with van der Waals surface area (Å²) >= 11 is 0. The van der Waals surface area contributed by atoms with Crippen molar-refractivity contribution in [1.29, 1.82) is 0 Å². The number of halogens is 1. The third kappa shape index (κ3) is 4.60. The average Bonchev–Trinajstić information content (AvgIpc) is 2.83. The van der Waals surface area contributed by atoms with Gasteiger partial charge < -0.3 is 10.2 Å². The Morgan fingerprint density at radius 1 is 1.25 bits per heavy atom. The molecule has 0 saturated carbocycles. The van der Waals surface area contributed by atoms with Crippen LogP contribution in [0.15, 0.2) is 0 Å². The van der Waals surface area contributed by atoms with Gasteiger partial charge >= 0.3 is 0 Å². The van der Waals surface area contributed by atoms with Crippen LogP contribution in [0.4, 0.5) is 0 Å². The molecule has 0 bridgehead atoms. The van der Waals surface area contributed by atoms with E-state index in [1.54, 1.807) is 0 Å². The summed E-state index contributed by atoms with van der Waals surface area (Å²) in [5.74, 6) is 1.43. The lowest BCUT2D eigenvalue weighted by molar-refractivity contribution is -0.130. The van der Waals surface area contributed by atoms with E-state index in [2.05, 4.69) is 5.32 Å². The molecule has 0 radical (unpaired) electrons. The lowest BCUT2D eigenvalue weighted by Crippen LogP contribution is -2.33. The molecule has 2 aliphatic rings. The van der Waals surface area contributed by atoms with Crippen LogP contribution in [0.25, 0.3) is 0 Å². The molecular formula is C13H25ClN2O3S. The fourth-order valence-electron chi connectivity index (χ4n) is 3.05. The van der Waals surface area contributed by atoms with E-state index in [-0.39, 0.29) is 42.2 Å². The van der Waals surface area contributed by atoms with Gasteiger partial charge in [-0.2, -0.15) is 0 Å². The zero-order valence-corrected chi connectivity index (χ0v) is 13.8. The summed E-state index contributed by atoms with van der Waals surface area (Å²) in [6.07, 6.45) is 0.141. The van der Waals surface area contributed by atoms with E-state index in [9.17, 15) is 13.2 Å². The van der Waals surface area contributed by atoms with Crippen LogP contribution in [0, 0.1) is 17.8 Å². The molecule has 1 N–H and O–H groups in total. The number of carbonyl (C=O) groups is 1. The molecule has 7 heteroatoms. The molecule has 2 saturated heterocycles. The van der Waals surface area contributed by atoms with Crippen LogP contribution in [0.2, 0.25) is 0 Å². The molecule has 2 aliphatic heterocycles. The van der Waals surface area contributed by atoms with Crippen LogP contribution >= 0.6 is 12.4 Å². The van der Waals surface area contributed by atoms with Crippen molar-refractivity contribution in [3.8, 4) is 0 Å². The Morgan fingerprint density at radius 2 is 1.80 bits per heavy atom. The predicted octanol–water partition coefficient (Wildman–Crippen LogP) is 0.547. The summed E-state index contributed by atoms with van der Waals surface area (Å²) in [5, 5.41) is 3.33. The summed E-state index contributed by atoms with van der Waals surface area (Å²) in [6, 6.07) is 0. The summed E-state index contributed by atoms with van der Waals surface area (Å²) in [6.45, 7) is 7.32. The number of likely N-dealkylation sites (tertiary alicyclic amines) is 1. The highest BCUT2D eigenvalue weighted by Crippen LogP contribution is 2.26. The van der Waals surface area contributed by atoms with Gasteiger partial charge in [0.15, 0.2) is 9.84 Å². The number of hydrogen-bond acceptors (Lipinski definition) is 4. The maximum absolute atomic E-state index is 12.0. The maximum atomic E-state index is 12.0. The summed E-state index contributed by atoms with van der Waals surface area (Å²) in [7, 11) is -3.08. The minimum Gasteiger partial charge on any atom is -0.342 e. The zero-order valence-electron chi connectivity index (χ0n) is 12.2. The second-order valence-electron chi connectivity index (χ2n) is 6.24. The molecule has 2 heterocycles. The monoisotopic (exact) mass is 324 g/mol. The first-order chi connectivity index (χ1) is 8.87. The molecule has 0 unspecified atom stereocenters. The maximum Gasteiger partial charge on any atom is 0.223 e. The molecule has 2 rings (SSSR count). The molecule has 0 aromatic heterocycles. The Hall–Kier alpha value is -0.330. The van der Waals surface area contributed by atoms with Gasteiger partial charge in [-0.15, -0.1) is 12.4 Å². The van der Waals surface area contributed by atoms with Crippen LogP contribution in [-0.2, 0) is 14.6 Å². The van der Waals surface area contributed by atoms with Crippen molar-refractivity contribution >= 4 is 28.2 Å². The Kier molecular flexibility index (Phi) is 6.28. The molecule has 118 valence electrons. The lowest BCUT2D eigenvalue weighted by atomic mass is 10.0. The van der Waals surface area contributed by atoms with E-state index >= 15 is 0 Å². The first-order valence-corrected chi connectivity index (χ1v) is 8.88. The van der Waals surface area contributed by atoms with Gasteiger partial charge in [0.1, 0.15) is 0 Å². The fourth-order valence-corrected chi connectivity index (χ4v) is 4.72. The van der Waals surface area contributed by atoms with E-state index < -0.39 is 9.84 Å². The minimum atomic E-state index is -3.08. The lowest BCUT2D eigenvalue weighted by Gasteiger charge is -2.17. The van der Waals surface area contributed by atoms with Gasteiger partial charge in [0.2, 0.25) is 5.91 Å². The molecule has 20 heavy (non-hydrogen) atoms. The molecule has 0 spiro atoms. The Bertz CT molecular complexity index is 427. The van der Waals surface area contributed by atoms with Gasteiger partial charge in [-0.25, -0.2) is 8.42 Å². The van der Waals surface area contributed by atoms with E-state index in [1.807, 2.05) is 18.7 Å². The number of hydrogen-bond donors (Lipinski definition) is 1. The van der Waals surface area contributed by atoms with E-state index in [0.29, 0.717) is 11.8 Å². The normalized spacial score (nSPS) is 25.6. The summed E-state index contributed by atoms with van der Waals surface area (Å²) < 4.78 is 23.6. The first kappa shape index (κ1) is 17.7. The molecule has 2 fully saturated rings. The number of sulfone groups is 1. The standard InChI is InChI=1S/C13H24N2O3S.ClH/c1-10(2)9-19(17,18)4-3-13(16)15-7-11-5-14-6-12(11)8-15;/h10-12,14H,3-9H2,1-2H3;1H/t11-,12+;. The molecular weight excluding hydrogens is 300 g/mol. The van der Waals surface area contributed by atoms with Gasteiger partial charge in [0, 0.05) is 32.6 Å². The van der Waals surface area contributed by atoms with Crippen LogP contribution in [0.5, 0.6) is 0 Å². The van der Waals surface area contributed by atoms with Crippen LogP contribution in [0.3, 0.4) is 0 Å². The number of rotatable bonds is 5. The Labute approximate surface area is 127 Å². The highest BCUT2D eigenvalue weighted by molar-refractivity contribution is 7.91. The van der Waals surface area contributed by atoms with E-state index in [1.165, 1.54) is 0 Å². The summed E-state index contributed by atoms with van der Waals surface area (Å²) in [5.41, 5.74) is 0. The molecule has 1 amide bonds. The smallest absolute Gasteiger partial charge is 0.223 e. The van der Waals surface area contributed by atoms with Crippen molar-refractivity contribution in [2.75, 3.05) is 37.7 Å². The molecule has 0 aromatic carbocycles. The van der Waals surface area contributed by atoms with Gasteiger partial charge in [0.05, 0.1) is 11.5 Å².